The third kappa shape index (κ3) is 8.07. The predicted octanol–water partition coefficient (Wildman–Crippen LogP) is 3.02. The molecule has 1 aliphatic carbocycles. The number of rotatable bonds is 6. The van der Waals surface area contributed by atoms with Crippen LogP contribution < -0.4 is 10.6 Å². The van der Waals surface area contributed by atoms with E-state index in [-0.39, 0.29) is 12.5 Å². The van der Waals surface area contributed by atoms with Crippen LogP contribution in [0.5, 0.6) is 0 Å². The molecule has 0 spiro atoms. The minimum atomic E-state index is -1.19. The highest BCUT2D eigenvalue weighted by molar-refractivity contribution is 5.97. The number of hydrogen-bond acceptors (Lipinski definition) is 6. The summed E-state index contributed by atoms with van der Waals surface area (Å²) in [6.45, 7) is 8.59. The molecule has 1 saturated carbocycles. The van der Waals surface area contributed by atoms with Gasteiger partial charge in [0.05, 0.1) is 12.6 Å². The lowest BCUT2D eigenvalue weighted by molar-refractivity contribution is -0.144. The number of amides is 2. The zero-order chi connectivity index (χ0) is 25.5. The van der Waals surface area contributed by atoms with Crippen molar-refractivity contribution in [2.75, 3.05) is 13.7 Å². The molecule has 1 fully saturated rings. The zero-order valence-corrected chi connectivity index (χ0v) is 20.9. The first kappa shape index (κ1) is 27.2. The van der Waals surface area contributed by atoms with Crippen molar-refractivity contribution in [2.45, 2.75) is 71.1 Å². The molecule has 2 rings (SSSR count). The number of ether oxygens (including phenoxy) is 2. The molecule has 0 bridgehead atoms. The monoisotopic (exact) mass is 472 g/mol. The van der Waals surface area contributed by atoms with Gasteiger partial charge in [-0.1, -0.05) is 11.8 Å². The Morgan fingerprint density at radius 1 is 1.12 bits per heavy atom. The molecule has 0 heterocycles. The van der Waals surface area contributed by atoms with Gasteiger partial charge >= 0.3 is 12.1 Å². The molecular formula is C26H36N2O6. The summed E-state index contributed by atoms with van der Waals surface area (Å²) in [6.07, 6.45) is 2.18. The summed E-state index contributed by atoms with van der Waals surface area (Å²) in [4.78, 5) is 37.6. The van der Waals surface area contributed by atoms with Crippen molar-refractivity contribution in [3.8, 4) is 11.8 Å². The van der Waals surface area contributed by atoms with Crippen LogP contribution in [0.3, 0.4) is 0 Å². The maximum absolute atomic E-state index is 12.9. The molecule has 8 heteroatoms. The lowest BCUT2D eigenvalue weighted by Gasteiger charge is -2.34. The van der Waals surface area contributed by atoms with Crippen LogP contribution in [0.25, 0.3) is 0 Å². The largest absolute Gasteiger partial charge is 0.467 e. The van der Waals surface area contributed by atoms with Gasteiger partial charge in [0.15, 0.2) is 0 Å². The van der Waals surface area contributed by atoms with E-state index < -0.39 is 35.2 Å². The van der Waals surface area contributed by atoms with Gasteiger partial charge in [-0.15, -0.1) is 0 Å². The Morgan fingerprint density at radius 2 is 1.76 bits per heavy atom. The summed E-state index contributed by atoms with van der Waals surface area (Å²) >= 11 is 0. The van der Waals surface area contributed by atoms with E-state index >= 15 is 0 Å². The fraction of sp³-hybridized carbons (Fsp3) is 0.577. The van der Waals surface area contributed by atoms with Crippen molar-refractivity contribution in [2.24, 2.45) is 11.8 Å². The smallest absolute Gasteiger partial charge is 0.408 e. The number of alkyl carbamates (subject to hydrolysis) is 1. The zero-order valence-electron chi connectivity index (χ0n) is 20.9. The third-order valence-electron chi connectivity index (χ3n) is 5.62. The van der Waals surface area contributed by atoms with Gasteiger partial charge in [-0.2, -0.15) is 0 Å². The van der Waals surface area contributed by atoms with Gasteiger partial charge in [0.2, 0.25) is 0 Å². The van der Waals surface area contributed by atoms with Crippen LogP contribution in [-0.4, -0.2) is 54.0 Å². The number of methoxy groups -OCH3 is 1. The molecule has 0 aromatic heterocycles. The van der Waals surface area contributed by atoms with Crippen molar-refractivity contribution in [1.82, 2.24) is 10.6 Å². The number of esters is 1. The van der Waals surface area contributed by atoms with Gasteiger partial charge in [0.25, 0.3) is 5.91 Å². The molecule has 3 N–H and O–H groups in total. The molecule has 0 radical (unpaired) electrons. The molecule has 1 aromatic rings. The van der Waals surface area contributed by atoms with Crippen LogP contribution in [0.15, 0.2) is 24.3 Å². The summed E-state index contributed by atoms with van der Waals surface area (Å²) in [5.41, 5.74) is -0.786. The lowest BCUT2D eigenvalue weighted by Crippen LogP contribution is -2.62. The van der Waals surface area contributed by atoms with Crippen molar-refractivity contribution in [3.05, 3.63) is 35.4 Å². The Bertz CT molecular complexity index is 937. The molecule has 0 saturated heterocycles. The highest BCUT2D eigenvalue weighted by Crippen LogP contribution is 2.29. The molecule has 0 aliphatic heterocycles. The highest BCUT2D eigenvalue weighted by Gasteiger charge is 2.40. The molecule has 3 atom stereocenters. The second-order valence-electron chi connectivity index (χ2n) is 10.2. The molecule has 3 unspecified atom stereocenters. The van der Waals surface area contributed by atoms with E-state index in [1.54, 1.807) is 58.9 Å². The number of hydrogen-bond donors (Lipinski definition) is 3. The van der Waals surface area contributed by atoms with Gasteiger partial charge in [-0.25, -0.2) is 9.59 Å². The first-order valence-electron chi connectivity index (χ1n) is 11.5. The van der Waals surface area contributed by atoms with Gasteiger partial charge < -0.3 is 25.2 Å². The number of aliphatic hydroxyl groups excluding tert-OH is 1. The standard InChI is InChI=1S/C26H36N2O6/c1-25(2,3)34-24(32)28-26(4,5)21(23(31)33-6)27-22(30)20-13-11-17(12-14-20)7-8-18-9-10-19(15-18)16-29/h11-14,18-19,21,29H,9-10,15-16H2,1-6H3,(H,27,30)(H,28,32). The van der Waals surface area contributed by atoms with Crippen LogP contribution in [0.4, 0.5) is 4.79 Å². The highest BCUT2D eigenvalue weighted by atomic mass is 16.6. The van der Waals surface area contributed by atoms with Crippen LogP contribution in [0.1, 0.15) is 69.8 Å². The number of carbonyl (C=O) groups is 3. The molecule has 186 valence electrons. The van der Waals surface area contributed by atoms with E-state index in [0.717, 1.165) is 24.8 Å². The van der Waals surface area contributed by atoms with E-state index in [0.29, 0.717) is 11.5 Å². The van der Waals surface area contributed by atoms with E-state index in [4.69, 9.17) is 9.47 Å². The minimum absolute atomic E-state index is 0.207. The number of carbonyl (C=O) groups excluding carboxylic acids is 3. The average molecular weight is 473 g/mol. The molecular weight excluding hydrogens is 436 g/mol. The fourth-order valence-electron chi connectivity index (χ4n) is 3.77. The normalized spacial score (nSPS) is 18.8. The molecule has 8 nitrogen and oxygen atoms in total. The minimum Gasteiger partial charge on any atom is -0.467 e. The van der Waals surface area contributed by atoms with Crippen LogP contribution in [0, 0.1) is 23.7 Å². The van der Waals surface area contributed by atoms with Gasteiger partial charge in [0.1, 0.15) is 11.6 Å². The van der Waals surface area contributed by atoms with Crippen LogP contribution in [-0.2, 0) is 14.3 Å². The summed E-state index contributed by atoms with van der Waals surface area (Å²) in [5.74, 6) is 5.80. The van der Waals surface area contributed by atoms with Crippen molar-refractivity contribution < 1.29 is 29.0 Å². The van der Waals surface area contributed by atoms with Crippen molar-refractivity contribution in [1.29, 1.82) is 0 Å². The lowest BCUT2D eigenvalue weighted by atomic mass is 9.94. The van der Waals surface area contributed by atoms with Crippen molar-refractivity contribution in [3.63, 3.8) is 0 Å². The average Bonchev–Trinajstić information content (AvgIpc) is 3.22. The van der Waals surface area contributed by atoms with Crippen LogP contribution >= 0.6 is 0 Å². The van der Waals surface area contributed by atoms with Crippen LogP contribution in [0.2, 0.25) is 0 Å². The summed E-state index contributed by atoms with van der Waals surface area (Å²) in [5, 5.41) is 14.6. The molecule has 1 aromatic carbocycles. The Morgan fingerprint density at radius 3 is 2.29 bits per heavy atom. The quantitative estimate of drug-likeness (QED) is 0.433. The second-order valence-corrected chi connectivity index (χ2v) is 10.2. The topological polar surface area (TPSA) is 114 Å². The maximum atomic E-state index is 12.9. The Labute approximate surface area is 201 Å². The first-order chi connectivity index (χ1) is 15.8. The van der Waals surface area contributed by atoms with Crippen molar-refractivity contribution >= 4 is 18.0 Å². The molecule has 1 aliphatic rings. The van der Waals surface area contributed by atoms with Gasteiger partial charge in [-0.3, -0.25) is 4.79 Å². The van der Waals surface area contributed by atoms with Gasteiger partial charge in [0, 0.05) is 23.7 Å². The number of benzene rings is 1. The summed E-state index contributed by atoms with van der Waals surface area (Å²) in [6, 6.07) is 5.61. The Hall–Kier alpha value is -3.05. The fourth-order valence-corrected chi connectivity index (χ4v) is 3.77. The Balaban J connectivity index is 2.08. The summed E-state index contributed by atoms with van der Waals surface area (Å²) in [7, 11) is 1.21. The third-order valence-corrected chi connectivity index (χ3v) is 5.62. The predicted molar refractivity (Wildman–Crippen MR) is 128 cm³/mol. The number of nitrogens with one attached hydrogen (secondary N) is 2. The molecule has 34 heavy (non-hydrogen) atoms. The maximum Gasteiger partial charge on any atom is 0.408 e. The summed E-state index contributed by atoms with van der Waals surface area (Å²) < 4.78 is 10.1. The van der Waals surface area contributed by atoms with E-state index in [9.17, 15) is 19.5 Å². The number of aliphatic hydroxyl groups is 1. The van der Waals surface area contributed by atoms with E-state index in [2.05, 4.69) is 22.5 Å². The van der Waals surface area contributed by atoms with Gasteiger partial charge in [-0.05, 0) is 84.1 Å². The van der Waals surface area contributed by atoms with E-state index in [1.165, 1.54) is 7.11 Å². The van der Waals surface area contributed by atoms with E-state index in [1.807, 2.05) is 0 Å². The second kappa shape index (κ2) is 11.4. The first-order valence-corrected chi connectivity index (χ1v) is 11.5. The Kier molecular flexibility index (Phi) is 9.11. The SMILES string of the molecule is COC(=O)C(NC(=O)c1ccc(C#CC2CCC(CO)C2)cc1)C(C)(C)NC(=O)OC(C)(C)C. The molecule has 2 amide bonds.